The zero-order valence-electron chi connectivity index (χ0n) is 12.7. The van der Waals surface area contributed by atoms with E-state index in [1.165, 1.54) is 11.8 Å². The summed E-state index contributed by atoms with van der Waals surface area (Å²) in [6, 6.07) is 6.24. The lowest BCUT2D eigenvalue weighted by Gasteiger charge is -2.46. The van der Waals surface area contributed by atoms with Gasteiger partial charge in [0, 0.05) is 0 Å². The van der Waals surface area contributed by atoms with Crippen LogP contribution in [-0.4, -0.2) is 20.2 Å². The average molecular weight is 293 g/mol. The van der Waals surface area contributed by atoms with Gasteiger partial charge in [-0.3, -0.25) is 4.31 Å². The molecule has 4 heteroatoms. The molecule has 1 aromatic rings. The second kappa shape index (κ2) is 4.00. The lowest BCUT2D eigenvalue weighted by molar-refractivity contribution is 0.265. The molecular formula is C16H23NO2S. The number of benzene rings is 1. The van der Waals surface area contributed by atoms with Crippen LogP contribution in [-0.2, 0) is 21.9 Å². The van der Waals surface area contributed by atoms with Crippen LogP contribution in [0, 0.1) is 0 Å². The van der Waals surface area contributed by atoms with Gasteiger partial charge < -0.3 is 0 Å². The Morgan fingerprint density at radius 3 is 2.30 bits per heavy atom. The van der Waals surface area contributed by atoms with E-state index in [1.54, 1.807) is 4.31 Å². The Bertz CT molecular complexity index is 652. The largest absolute Gasteiger partial charge is 0.263 e. The molecule has 0 N–H and O–H groups in total. The maximum Gasteiger partial charge on any atom is 0.232 e. The van der Waals surface area contributed by atoms with Crippen molar-refractivity contribution >= 4 is 15.7 Å². The van der Waals surface area contributed by atoms with Crippen molar-refractivity contribution in [3.8, 4) is 0 Å². The minimum absolute atomic E-state index is 0.0520. The summed E-state index contributed by atoms with van der Waals surface area (Å²) in [5.41, 5.74) is 3.08. The summed E-state index contributed by atoms with van der Waals surface area (Å²) < 4.78 is 26.6. The van der Waals surface area contributed by atoms with E-state index in [0.29, 0.717) is 0 Å². The predicted molar refractivity (Wildman–Crippen MR) is 82.8 cm³/mol. The highest BCUT2D eigenvalue weighted by molar-refractivity contribution is 7.92. The van der Waals surface area contributed by atoms with Crippen molar-refractivity contribution in [1.82, 2.24) is 0 Å². The third-order valence-electron chi connectivity index (χ3n) is 4.70. The summed E-state index contributed by atoms with van der Waals surface area (Å²) in [6.45, 7) is 6.44. The first kappa shape index (κ1) is 13.9. The number of sulfonamides is 1. The van der Waals surface area contributed by atoms with Crippen LogP contribution >= 0.6 is 0 Å². The van der Waals surface area contributed by atoms with Crippen LogP contribution in [0.25, 0.3) is 0 Å². The highest BCUT2D eigenvalue weighted by atomic mass is 32.2. The van der Waals surface area contributed by atoms with Crippen LogP contribution in [0.4, 0.5) is 5.69 Å². The van der Waals surface area contributed by atoms with Gasteiger partial charge in [-0.1, -0.05) is 39.0 Å². The first-order valence-corrected chi connectivity index (χ1v) is 9.13. The molecule has 0 bridgehead atoms. The van der Waals surface area contributed by atoms with Crippen molar-refractivity contribution in [2.75, 3.05) is 10.6 Å². The third-order valence-corrected chi connectivity index (χ3v) is 5.93. The van der Waals surface area contributed by atoms with Crippen LogP contribution in [0.15, 0.2) is 18.2 Å². The summed E-state index contributed by atoms with van der Waals surface area (Å²) in [6.07, 6.45) is 5.32. The van der Waals surface area contributed by atoms with E-state index in [9.17, 15) is 8.42 Å². The van der Waals surface area contributed by atoms with Gasteiger partial charge >= 0.3 is 0 Å². The second-order valence-corrected chi connectivity index (χ2v) is 9.18. The molecule has 1 spiro atoms. The Kier molecular flexibility index (Phi) is 2.79. The molecule has 3 rings (SSSR count). The van der Waals surface area contributed by atoms with E-state index in [2.05, 4.69) is 39.0 Å². The molecular weight excluding hydrogens is 270 g/mol. The summed E-state index contributed by atoms with van der Waals surface area (Å²) in [5, 5.41) is 0. The molecule has 0 amide bonds. The number of anilines is 1. The molecule has 1 aliphatic heterocycles. The van der Waals surface area contributed by atoms with E-state index in [4.69, 9.17) is 0 Å². The Hall–Kier alpha value is -1.03. The normalized spacial score (nSPS) is 20.9. The van der Waals surface area contributed by atoms with Gasteiger partial charge in [-0.2, -0.15) is 0 Å². The zero-order valence-corrected chi connectivity index (χ0v) is 13.5. The average Bonchev–Trinajstić information content (AvgIpc) is 2.60. The van der Waals surface area contributed by atoms with E-state index in [-0.39, 0.29) is 11.0 Å². The molecule has 110 valence electrons. The minimum atomic E-state index is -3.23. The van der Waals surface area contributed by atoms with Crippen molar-refractivity contribution in [1.29, 1.82) is 0 Å². The lowest BCUT2D eigenvalue weighted by Crippen LogP contribution is -2.54. The van der Waals surface area contributed by atoms with E-state index in [1.807, 2.05) is 0 Å². The van der Waals surface area contributed by atoms with Crippen molar-refractivity contribution < 1.29 is 8.42 Å². The van der Waals surface area contributed by atoms with Crippen molar-refractivity contribution in [3.63, 3.8) is 0 Å². The van der Waals surface area contributed by atoms with Crippen molar-refractivity contribution in [2.45, 2.75) is 57.4 Å². The van der Waals surface area contributed by atoms with Gasteiger partial charge in [0.2, 0.25) is 10.0 Å². The van der Waals surface area contributed by atoms with E-state index < -0.39 is 10.0 Å². The van der Waals surface area contributed by atoms with Gasteiger partial charge in [0.15, 0.2) is 0 Å². The van der Waals surface area contributed by atoms with Crippen LogP contribution in [0.3, 0.4) is 0 Å². The van der Waals surface area contributed by atoms with Crippen LogP contribution < -0.4 is 4.31 Å². The van der Waals surface area contributed by atoms with Gasteiger partial charge in [-0.05, 0) is 42.2 Å². The highest BCUT2D eigenvalue weighted by Gasteiger charge is 2.52. The summed E-state index contributed by atoms with van der Waals surface area (Å²) >= 11 is 0. The number of para-hydroxylation sites is 1. The van der Waals surface area contributed by atoms with Gasteiger partial charge in [0.05, 0.1) is 17.5 Å². The number of hydrogen-bond donors (Lipinski definition) is 0. The van der Waals surface area contributed by atoms with Gasteiger partial charge in [-0.15, -0.1) is 0 Å². The summed E-state index contributed by atoms with van der Waals surface area (Å²) in [5.74, 6) is 0. The number of nitrogens with zero attached hydrogens (tertiary/aromatic N) is 1. The SMILES string of the molecule is CC(C)(C)c1cccc2c1N(S(C)(=O)=O)C1(CCC1)C2. The van der Waals surface area contributed by atoms with Gasteiger partial charge in [0.25, 0.3) is 0 Å². The third kappa shape index (κ3) is 1.88. The molecule has 0 atom stereocenters. The molecule has 1 heterocycles. The standard InChI is InChI=1S/C16H23NO2S/c1-15(2,3)13-8-5-7-12-11-16(9-6-10-16)17(14(12)13)20(4,18)19/h5,7-8H,6,9-11H2,1-4H3. The molecule has 1 aliphatic carbocycles. The van der Waals surface area contributed by atoms with E-state index in [0.717, 1.165) is 36.9 Å². The second-order valence-electron chi connectivity index (χ2n) is 7.35. The quantitative estimate of drug-likeness (QED) is 0.797. The summed E-state index contributed by atoms with van der Waals surface area (Å²) in [4.78, 5) is 0. The molecule has 0 radical (unpaired) electrons. The molecule has 0 unspecified atom stereocenters. The fourth-order valence-electron chi connectivity index (χ4n) is 3.72. The fraction of sp³-hybridized carbons (Fsp3) is 0.625. The van der Waals surface area contributed by atoms with Crippen LogP contribution in [0.1, 0.15) is 51.2 Å². The van der Waals surface area contributed by atoms with Crippen molar-refractivity contribution in [3.05, 3.63) is 29.3 Å². The first-order valence-electron chi connectivity index (χ1n) is 7.28. The summed E-state index contributed by atoms with van der Waals surface area (Å²) in [7, 11) is -3.23. The molecule has 1 saturated carbocycles. The molecule has 0 aromatic heterocycles. The number of fused-ring (bicyclic) bond motifs is 1. The molecule has 3 nitrogen and oxygen atoms in total. The fourth-order valence-corrected chi connectivity index (χ4v) is 5.22. The minimum Gasteiger partial charge on any atom is -0.263 e. The Morgan fingerprint density at radius 1 is 1.20 bits per heavy atom. The predicted octanol–water partition coefficient (Wildman–Crippen LogP) is 3.23. The smallest absolute Gasteiger partial charge is 0.232 e. The van der Waals surface area contributed by atoms with Gasteiger partial charge in [0.1, 0.15) is 0 Å². The van der Waals surface area contributed by atoms with Gasteiger partial charge in [-0.25, -0.2) is 8.42 Å². The molecule has 2 aliphatic rings. The number of rotatable bonds is 1. The Morgan fingerprint density at radius 2 is 1.85 bits per heavy atom. The van der Waals surface area contributed by atoms with Crippen molar-refractivity contribution in [2.24, 2.45) is 0 Å². The van der Waals surface area contributed by atoms with Crippen LogP contribution in [0.2, 0.25) is 0 Å². The maximum absolute atomic E-state index is 12.4. The van der Waals surface area contributed by atoms with Crippen LogP contribution in [0.5, 0.6) is 0 Å². The monoisotopic (exact) mass is 293 g/mol. The first-order chi connectivity index (χ1) is 9.15. The Balaban J connectivity index is 2.25. The zero-order chi connectivity index (χ0) is 14.8. The molecule has 20 heavy (non-hydrogen) atoms. The lowest BCUT2D eigenvalue weighted by atomic mass is 9.75. The maximum atomic E-state index is 12.4. The number of hydrogen-bond acceptors (Lipinski definition) is 2. The molecule has 1 aromatic carbocycles. The van der Waals surface area contributed by atoms with E-state index >= 15 is 0 Å². The topological polar surface area (TPSA) is 37.4 Å². The molecule has 0 saturated heterocycles. The molecule has 1 fully saturated rings. The Labute approximate surface area is 122 Å². The highest BCUT2D eigenvalue weighted by Crippen LogP contribution is 2.53.